The van der Waals surface area contributed by atoms with Crippen molar-refractivity contribution in [2.24, 2.45) is 0 Å². The Morgan fingerprint density at radius 3 is 1.95 bits per heavy atom. The molecule has 0 saturated heterocycles. The molecule has 0 N–H and O–H groups in total. The monoisotopic (exact) mass is 308 g/mol. The van der Waals surface area contributed by atoms with E-state index in [1.165, 1.54) is 12.1 Å². The summed E-state index contributed by atoms with van der Waals surface area (Å²) < 4.78 is 76.1. The van der Waals surface area contributed by atoms with E-state index in [9.17, 15) is 31.1 Å². The zero-order valence-electron chi connectivity index (χ0n) is 10.0. The van der Waals surface area contributed by atoms with Crippen LogP contribution in [0.4, 0.5) is 26.3 Å². The van der Waals surface area contributed by atoms with Crippen molar-refractivity contribution in [3.63, 3.8) is 0 Å². The maximum Gasteiger partial charge on any atom is 0.435 e. The van der Waals surface area contributed by atoms with E-state index in [4.69, 9.17) is 0 Å². The molecular formula is C12H6F6N2O. The molecule has 0 radical (unpaired) electrons. The van der Waals surface area contributed by atoms with Gasteiger partial charge in [0.1, 0.15) is 12.0 Å². The van der Waals surface area contributed by atoms with Crippen LogP contribution in [-0.4, -0.2) is 16.1 Å². The molecule has 0 fully saturated rings. The van der Waals surface area contributed by atoms with Crippen LogP contribution in [0.5, 0.6) is 0 Å². The summed E-state index contributed by atoms with van der Waals surface area (Å²) in [6.45, 7) is 0. The van der Waals surface area contributed by atoms with Gasteiger partial charge in [-0.3, -0.25) is 4.79 Å². The predicted molar refractivity (Wildman–Crippen MR) is 59.0 cm³/mol. The van der Waals surface area contributed by atoms with E-state index in [2.05, 4.69) is 5.10 Å². The smallest absolute Gasteiger partial charge is 0.298 e. The Morgan fingerprint density at radius 1 is 0.952 bits per heavy atom. The lowest BCUT2D eigenvalue weighted by Gasteiger charge is -2.10. The maximum absolute atomic E-state index is 12.8. The van der Waals surface area contributed by atoms with Gasteiger partial charge in [0, 0.05) is 11.6 Å². The molecule has 0 aliphatic carbocycles. The first-order chi connectivity index (χ1) is 9.63. The number of carbonyl (C=O) groups is 1. The Balaban J connectivity index is 2.60. The van der Waals surface area contributed by atoms with Crippen molar-refractivity contribution in [2.45, 2.75) is 12.4 Å². The molecule has 0 aliphatic rings. The minimum absolute atomic E-state index is 0.0619. The number of aromatic nitrogens is 2. The Hall–Kier alpha value is -2.32. The van der Waals surface area contributed by atoms with Crippen molar-refractivity contribution in [3.8, 4) is 5.69 Å². The average molecular weight is 308 g/mol. The number of alkyl halides is 6. The van der Waals surface area contributed by atoms with E-state index < -0.39 is 23.7 Å². The number of rotatable bonds is 2. The van der Waals surface area contributed by atoms with Crippen LogP contribution < -0.4 is 0 Å². The zero-order valence-corrected chi connectivity index (χ0v) is 10.0. The first-order valence-electron chi connectivity index (χ1n) is 5.43. The van der Waals surface area contributed by atoms with Crippen molar-refractivity contribution < 1.29 is 31.1 Å². The number of nitrogens with zero attached hydrogens (tertiary/aromatic N) is 2. The van der Waals surface area contributed by atoms with Gasteiger partial charge in [0.2, 0.25) is 0 Å². The zero-order chi connectivity index (χ0) is 15.8. The fraction of sp³-hybridized carbons (Fsp3) is 0.167. The molecule has 0 amide bonds. The Bertz CT molecular complexity index is 654. The number of aldehydes is 1. The van der Waals surface area contributed by atoms with E-state index in [-0.39, 0.29) is 22.0 Å². The molecule has 112 valence electrons. The van der Waals surface area contributed by atoms with E-state index >= 15 is 0 Å². The number of hydrogen-bond acceptors (Lipinski definition) is 2. The van der Waals surface area contributed by atoms with E-state index in [1.54, 1.807) is 0 Å². The second kappa shape index (κ2) is 4.90. The molecule has 21 heavy (non-hydrogen) atoms. The van der Waals surface area contributed by atoms with Gasteiger partial charge in [0.05, 0.1) is 5.69 Å². The van der Waals surface area contributed by atoms with Crippen LogP contribution in [0.1, 0.15) is 21.7 Å². The molecule has 0 spiro atoms. The molecule has 2 rings (SSSR count). The molecule has 1 aromatic heterocycles. The lowest BCUT2D eigenvalue weighted by Crippen LogP contribution is -2.13. The third kappa shape index (κ3) is 3.06. The lowest BCUT2D eigenvalue weighted by atomic mass is 10.2. The van der Waals surface area contributed by atoms with E-state index in [1.807, 2.05) is 0 Å². The molecule has 3 nitrogen and oxygen atoms in total. The largest absolute Gasteiger partial charge is 0.435 e. The second-order valence-corrected chi connectivity index (χ2v) is 4.03. The molecular weight excluding hydrogens is 302 g/mol. The molecule has 1 heterocycles. The first-order valence-corrected chi connectivity index (χ1v) is 5.43. The van der Waals surface area contributed by atoms with Crippen molar-refractivity contribution in [1.82, 2.24) is 9.78 Å². The van der Waals surface area contributed by atoms with E-state index in [0.717, 1.165) is 12.1 Å². The van der Waals surface area contributed by atoms with Crippen LogP contribution >= 0.6 is 0 Å². The van der Waals surface area contributed by atoms with Crippen LogP contribution in [0.2, 0.25) is 0 Å². The number of hydrogen-bond donors (Lipinski definition) is 0. The summed E-state index contributed by atoms with van der Waals surface area (Å²) in [5, 5.41) is 2.96. The molecule has 0 aliphatic heterocycles. The highest BCUT2D eigenvalue weighted by molar-refractivity contribution is 5.75. The van der Waals surface area contributed by atoms with Crippen LogP contribution in [-0.2, 0) is 12.4 Å². The van der Waals surface area contributed by atoms with Gasteiger partial charge in [-0.25, -0.2) is 4.68 Å². The Morgan fingerprint density at radius 2 is 1.52 bits per heavy atom. The maximum atomic E-state index is 12.8. The highest BCUT2D eigenvalue weighted by Gasteiger charge is 2.42. The van der Waals surface area contributed by atoms with Gasteiger partial charge in [0.15, 0.2) is 5.69 Å². The minimum atomic E-state index is -5.00. The SMILES string of the molecule is O=Cc1ccc(-n2nc(C(F)(F)F)cc2C(F)(F)F)cc1. The number of benzene rings is 1. The standard InChI is InChI=1S/C12H6F6N2O/c13-11(14,15)9-5-10(12(16,17)18)20(19-9)8-3-1-7(6-21)2-4-8/h1-6H. The molecule has 9 heteroatoms. The molecule has 0 bridgehead atoms. The van der Waals surface area contributed by atoms with Crippen LogP contribution in [0, 0.1) is 0 Å². The van der Waals surface area contributed by atoms with Gasteiger partial charge in [-0.05, 0) is 24.3 Å². The first kappa shape index (κ1) is 15.1. The summed E-state index contributed by atoms with van der Waals surface area (Å²) in [5.74, 6) is 0. The van der Waals surface area contributed by atoms with Crippen LogP contribution in [0.3, 0.4) is 0 Å². The third-order valence-corrected chi connectivity index (χ3v) is 2.56. The highest BCUT2D eigenvalue weighted by atomic mass is 19.4. The van der Waals surface area contributed by atoms with Crippen molar-refractivity contribution in [1.29, 1.82) is 0 Å². The van der Waals surface area contributed by atoms with Gasteiger partial charge in [-0.15, -0.1) is 0 Å². The minimum Gasteiger partial charge on any atom is -0.298 e. The normalized spacial score (nSPS) is 12.5. The Kier molecular flexibility index (Phi) is 3.52. The fourth-order valence-corrected chi connectivity index (χ4v) is 1.61. The average Bonchev–Trinajstić information content (AvgIpc) is 2.83. The highest BCUT2D eigenvalue weighted by Crippen LogP contribution is 2.36. The number of carbonyl (C=O) groups excluding carboxylic acids is 1. The molecule has 0 saturated carbocycles. The van der Waals surface area contributed by atoms with Gasteiger partial charge < -0.3 is 0 Å². The Labute approximate surface area is 113 Å². The fourth-order valence-electron chi connectivity index (χ4n) is 1.61. The van der Waals surface area contributed by atoms with Gasteiger partial charge in [-0.2, -0.15) is 31.4 Å². The van der Waals surface area contributed by atoms with Gasteiger partial charge in [-0.1, -0.05) is 0 Å². The molecule has 1 aromatic carbocycles. The second-order valence-electron chi connectivity index (χ2n) is 4.03. The molecule has 2 aromatic rings. The van der Waals surface area contributed by atoms with Crippen molar-refractivity contribution in [2.75, 3.05) is 0 Å². The number of halogens is 6. The summed E-state index contributed by atoms with van der Waals surface area (Å²) in [7, 11) is 0. The summed E-state index contributed by atoms with van der Waals surface area (Å²) in [5.41, 5.74) is -3.25. The molecule has 0 unspecified atom stereocenters. The summed E-state index contributed by atoms with van der Waals surface area (Å²) >= 11 is 0. The van der Waals surface area contributed by atoms with Crippen LogP contribution in [0.25, 0.3) is 5.69 Å². The molecule has 0 atom stereocenters. The predicted octanol–water partition coefficient (Wildman–Crippen LogP) is 3.72. The summed E-state index contributed by atoms with van der Waals surface area (Å²) in [4.78, 5) is 10.5. The summed E-state index contributed by atoms with van der Waals surface area (Å²) in [6.07, 6.45) is -9.54. The van der Waals surface area contributed by atoms with Crippen LogP contribution in [0.15, 0.2) is 30.3 Å². The van der Waals surface area contributed by atoms with Gasteiger partial charge >= 0.3 is 12.4 Å². The summed E-state index contributed by atoms with van der Waals surface area (Å²) in [6, 6.07) is 4.45. The lowest BCUT2D eigenvalue weighted by molar-refractivity contribution is -0.143. The van der Waals surface area contributed by atoms with Crippen molar-refractivity contribution in [3.05, 3.63) is 47.3 Å². The van der Waals surface area contributed by atoms with E-state index in [0.29, 0.717) is 6.29 Å². The quantitative estimate of drug-likeness (QED) is 0.626. The third-order valence-electron chi connectivity index (χ3n) is 2.56. The van der Waals surface area contributed by atoms with Crippen molar-refractivity contribution >= 4 is 6.29 Å². The van der Waals surface area contributed by atoms with Gasteiger partial charge in [0.25, 0.3) is 0 Å². The topological polar surface area (TPSA) is 34.9 Å².